The van der Waals surface area contributed by atoms with Crippen LogP contribution in [-0.4, -0.2) is 79.8 Å². The molecule has 0 aromatic carbocycles. The maximum atomic E-state index is 15.5. The monoisotopic (exact) mass is 570 g/mol. The first-order chi connectivity index (χ1) is 19.0. The van der Waals surface area contributed by atoms with Gasteiger partial charge in [0.2, 0.25) is 0 Å². The van der Waals surface area contributed by atoms with Gasteiger partial charge in [0.1, 0.15) is 12.0 Å². The molecule has 0 aromatic rings. The number of alkyl halides is 4. The molecule has 2 aliphatic heterocycles. The van der Waals surface area contributed by atoms with Gasteiger partial charge in [-0.1, -0.05) is 24.6 Å². The highest BCUT2D eigenvalue weighted by Gasteiger charge is 2.40. The largest absolute Gasteiger partial charge is 0.413 e. The molecule has 0 radical (unpaired) electrons. The third kappa shape index (κ3) is 7.28. The molecule has 6 atom stereocenters. The average molecular weight is 571 g/mol. The van der Waals surface area contributed by atoms with Crippen molar-refractivity contribution in [1.29, 1.82) is 5.41 Å². The molecule has 1 amide bonds. The lowest BCUT2D eigenvalue weighted by atomic mass is 9.79. The fourth-order valence-electron chi connectivity index (χ4n) is 6.15. The van der Waals surface area contributed by atoms with Crippen LogP contribution in [0.1, 0.15) is 46.0 Å². The van der Waals surface area contributed by atoms with Crippen molar-refractivity contribution in [2.75, 3.05) is 32.8 Å². The Hall–Kier alpha value is -2.37. The first-order valence-electron chi connectivity index (χ1n) is 14.1. The second-order valence-corrected chi connectivity index (χ2v) is 11.2. The van der Waals surface area contributed by atoms with E-state index in [0.29, 0.717) is 51.1 Å². The molecule has 40 heavy (non-hydrogen) atoms. The fraction of sp³-hybridized carbons (Fsp3) is 0.655. The van der Waals surface area contributed by atoms with E-state index in [1.54, 1.807) is 23.1 Å². The number of nitrogens with zero attached hydrogens (tertiary/aromatic N) is 1. The molecule has 4 rings (SSSR count). The number of amides is 1. The van der Waals surface area contributed by atoms with Gasteiger partial charge in [-0.25, -0.2) is 8.78 Å². The maximum absolute atomic E-state index is 15.5. The van der Waals surface area contributed by atoms with Gasteiger partial charge in [0.05, 0.1) is 18.9 Å². The number of hydrogen-bond donors (Lipinski definition) is 3. The minimum atomic E-state index is -4.75. The number of ether oxygens (including phenoxy) is 1. The van der Waals surface area contributed by atoms with Gasteiger partial charge >= 0.3 is 6.18 Å². The van der Waals surface area contributed by atoms with Crippen molar-refractivity contribution in [3.8, 4) is 0 Å². The van der Waals surface area contributed by atoms with Gasteiger partial charge in [-0.2, -0.15) is 13.2 Å². The Balaban J connectivity index is 1.41. The number of halogens is 5. The van der Waals surface area contributed by atoms with Crippen molar-refractivity contribution < 1.29 is 31.5 Å². The highest BCUT2D eigenvalue weighted by molar-refractivity contribution is 6.38. The van der Waals surface area contributed by atoms with Crippen LogP contribution in [0.25, 0.3) is 0 Å². The normalized spacial score (nSPS) is 29.5. The molecule has 0 bridgehead atoms. The summed E-state index contributed by atoms with van der Waals surface area (Å²) in [5.41, 5.74) is -0.671. The summed E-state index contributed by atoms with van der Waals surface area (Å²) in [5.74, 6) is -1.62. The molecule has 6 unspecified atom stereocenters. The van der Waals surface area contributed by atoms with Crippen LogP contribution in [0.15, 0.2) is 46.9 Å². The van der Waals surface area contributed by atoms with Crippen LogP contribution in [0, 0.1) is 17.2 Å². The first kappa shape index (κ1) is 30.6. The summed E-state index contributed by atoms with van der Waals surface area (Å²) in [6.07, 6.45) is 1.48. The molecule has 0 spiro atoms. The zero-order valence-electron chi connectivity index (χ0n) is 23.0. The third-order valence-electron chi connectivity index (χ3n) is 8.49. The summed E-state index contributed by atoms with van der Waals surface area (Å²) in [7, 11) is 0. The molecule has 6 nitrogen and oxygen atoms in total. The maximum Gasteiger partial charge on any atom is 0.413 e. The van der Waals surface area contributed by atoms with Crippen LogP contribution >= 0.6 is 0 Å². The zero-order chi connectivity index (χ0) is 29.0. The summed E-state index contributed by atoms with van der Waals surface area (Å²) >= 11 is 0. The van der Waals surface area contributed by atoms with E-state index < -0.39 is 42.1 Å². The van der Waals surface area contributed by atoms with Crippen molar-refractivity contribution in [2.24, 2.45) is 11.8 Å². The van der Waals surface area contributed by atoms with Gasteiger partial charge in [0.15, 0.2) is 0 Å². The Kier molecular flexibility index (Phi) is 10.00. The number of allylic oxidation sites excluding steroid dienone is 4. The average Bonchev–Trinajstić information content (AvgIpc) is 2.94. The number of nitrogens with one attached hydrogen (secondary N) is 3. The minimum Gasteiger partial charge on any atom is -0.378 e. The van der Waals surface area contributed by atoms with Gasteiger partial charge in [0.25, 0.3) is 5.91 Å². The van der Waals surface area contributed by atoms with Crippen molar-refractivity contribution in [3.63, 3.8) is 0 Å². The minimum absolute atomic E-state index is 0.0201. The summed E-state index contributed by atoms with van der Waals surface area (Å²) in [6, 6.07) is -1.41. The van der Waals surface area contributed by atoms with Gasteiger partial charge in [0, 0.05) is 61.6 Å². The number of morpholine rings is 1. The molecule has 11 heteroatoms. The Morgan fingerprint density at radius 1 is 1.27 bits per heavy atom. The standard InChI is InChI=1S/C29H39F5N4O2/c1-17(22-7-4-8-26-23(22)14-20(30)16-36-26)24(29(32,33)34)15-25(31)18(2)37-21-6-3-5-19(13-21)27(35)28(39)38-9-11-40-12-10-38/h4,7-8,14,18-19,21,23,25-26,35-37H,3,5-6,9-13,15-16H2,1-2H3. The highest BCUT2D eigenvalue weighted by Crippen LogP contribution is 2.40. The Bertz CT molecular complexity index is 1080. The van der Waals surface area contributed by atoms with Crippen LogP contribution in [0.3, 0.4) is 0 Å². The van der Waals surface area contributed by atoms with Crippen LogP contribution in [0.2, 0.25) is 0 Å². The first-order valence-corrected chi connectivity index (χ1v) is 14.1. The van der Waals surface area contributed by atoms with Crippen molar-refractivity contribution >= 4 is 11.6 Å². The number of fused-ring (bicyclic) bond motifs is 1. The zero-order valence-corrected chi connectivity index (χ0v) is 23.0. The molecule has 2 fully saturated rings. The topological polar surface area (TPSA) is 77.4 Å². The Morgan fingerprint density at radius 2 is 2.00 bits per heavy atom. The predicted molar refractivity (Wildman–Crippen MR) is 143 cm³/mol. The molecule has 2 aliphatic carbocycles. The predicted octanol–water partition coefficient (Wildman–Crippen LogP) is 4.95. The van der Waals surface area contributed by atoms with E-state index in [0.717, 1.165) is 6.42 Å². The molecular weight excluding hydrogens is 531 g/mol. The van der Waals surface area contributed by atoms with E-state index >= 15 is 4.39 Å². The van der Waals surface area contributed by atoms with E-state index in [-0.39, 0.29) is 41.7 Å². The molecular formula is C29H39F5N4O2. The SMILES string of the molecule is CC(C1=CC=CC2NCC(F)=CC12)=C(CC(F)C(C)NC1CCCC(C(=N)C(=O)N2CCOCC2)C1)C(F)(F)F. The number of carbonyl (C=O) groups is 1. The molecule has 1 saturated heterocycles. The van der Waals surface area contributed by atoms with E-state index in [4.69, 9.17) is 10.1 Å². The number of carbonyl (C=O) groups excluding carboxylic acids is 1. The van der Waals surface area contributed by atoms with Gasteiger partial charge in [-0.3, -0.25) is 10.2 Å². The lowest BCUT2D eigenvalue weighted by Crippen LogP contribution is -2.49. The molecule has 0 aromatic heterocycles. The van der Waals surface area contributed by atoms with Crippen molar-refractivity contribution in [2.45, 2.75) is 76.4 Å². The fourth-order valence-corrected chi connectivity index (χ4v) is 6.15. The van der Waals surface area contributed by atoms with Crippen molar-refractivity contribution in [3.05, 3.63) is 46.9 Å². The van der Waals surface area contributed by atoms with E-state index in [9.17, 15) is 22.4 Å². The molecule has 222 valence electrons. The highest BCUT2D eigenvalue weighted by atomic mass is 19.4. The van der Waals surface area contributed by atoms with Crippen LogP contribution in [0.4, 0.5) is 22.0 Å². The smallest absolute Gasteiger partial charge is 0.378 e. The van der Waals surface area contributed by atoms with Gasteiger partial charge in [-0.15, -0.1) is 0 Å². The quantitative estimate of drug-likeness (QED) is 0.285. The Labute approximate surface area is 232 Å². The molecule has 3 N–H and O–H groups in total. The molecule has 1 saturated carbocycles. The van der Waals surface area contributed by atoms with Crippen LogP contribution in [0.5, 0.6) is 0 Å². The summed E-state index contributed by atoms with van der Waals surface area (Å²) in [4.78, 5) is 14.4. The van der Waals surface area contributed by atoms with Gasteiger partial charge < -0.3 is 20.3 Å². The Morgan fingerprint density at radius 3 is 2.70 bits per heavy atom. The number of hydrogen-bond acceptors (Lipinski definition) is 5. The van der Waals surface area contributed by atoms with Crippen molar-refractivity contribution in [1.82, 2.24) is 15.5 Å². The molecule has 4 aliphatic rings. The number of rotatable bonds is 8. The second-order valence-electron chi connectivity index (χ2n) is 11.2. The molecule has 2 heterocycles. The summed E-state index contributed by atoms with van der Waals surface area (Å²) < 4.78 is 77.4. The summed E-state index contributed by atoms with van der Waals surface area (Å²) in [5, 5.41) is 14.6. The van der Waals surface area contributed by atoms with E-state index in [1.807, 2.05) is 0 Å². The van der Waals surface area contributed by atoms with Crippen LogP contribution < -0.4 is 10.6 Å². The van der Waals surface area contributed by atoms with E-state index in [2.05, 4.69) is 10.6 Å². The van der Waals surface area contributed by atoms with E-state index in [1.165, 1.54) is 19.9 Å². The third-order valence-corrected chi connectivity index (χ3v) is 8.49. The van der Waals surface area contributed by atoms with Gasteiger partial charge in [-0.05, 0) is 50.3 Å². The summed E-state index contributed by atoms with van der Waals surface area (Å²) in [6.45, 7) is 4.66. The lowest BCUT2D eigenvalue weighted by Gasteiger charge is -2.35. The van der Waals surface area contributed by atoms with Crippen LogP contribution in [-0.2, 0) is 9.53 Å². The second kappa shape index (κ2) is 13.1. The lowest BCUT2D eigenvalue weighted by molar-refractivity contribution is -0.128.